The Bertz CT molecular complexity index is 690. The SMILES string of the molecule is C[C@]12CCC(=O)C=C1CCC1C2CC[C@@]2(C)C1CC[C@@H]2C(=O)C[N+]#N. The third-order valence-electron chi connectivity index (χ3n) is 8.58. The number of diazo groups is 1. The molecule has 6 atom stereocenters. The molecule has 3 saturated carbocycles. The van der Waals surface area contributed by atoms with Crippen molar-refractivity contribution in [1.82, 2.24) is 0 Å². The van der Waals surface area contributed by atoms with Crippen molar-refractivity contribution < 1.29 is 9.59 Å². The van der Waals surface area contributed by atoms with E-state index in [1.165, 1.54) is 18.4 Å². The van der Waals surface area contributed by atoms with Crippen LogP contribution in [0.5, 0.6) is 0 Å². The molecule has 3 unspecified atom stereocenters. The summed E-state index contributed by atoms with van der Waals surface area (Å²) >= 11 is 0. The quantitative estimate of drug-likeness (QED) is 0.692. The van der Waals surface area contributed by atoms with Crippen LogP contribution in [-0.4, -0.2) is 18.1 Å². The van der Waals surface area contributed by atoms with Crippen molar-refractivity contribution in [1.29, 1.82) is 5.39 Å². The van der Waals surface area contributed by atoms with Gasteiger partial charge in [-0.05, 0) is 79.6 Å². The van der Waals surface area contributed by atoms with Crippen molar-refractivity contribution in [3.8, 4) is 0 Å². The summed E-state index contributed by atoms with van der Waals surface area (Å²) in [5.41, 5.74) is 1.67. The largest absolute Gasteiger partial charge is 0.362 e. The lowest BCUT2D eigenvalue weighted by Gasteiger charge is -2.58. The predicted octanol–water partition coefficient (Wildman–Crippen LogP) is 4.56. The number of allylic oxidation sites excluding steroid dienone is 1. The van der Waals surface area contributed by atoms with Gasteiger partial charge in [0, 0.05) is 12.3 Å². The van der Waals surface area contributed by atoms with E-state index in [1.54, 1.807) is 0 Å². The van der Waals surface area contributed by atoms with Gasteiger partial charge < -0.3 is 0 Å². The fourth-order valence-electron chi connectivity index (χ4n) is 7.27. The molecule has 4 heteroatoms. The van der Waals surface area contributed by atoms with Gasteiger partial charge in [-0.1, -0.05) is 19.4 Å². The molecule has 0 heterocycles. The van der Waals surface area contributed by atoms with Crippen LogP contribution in [0.2, 0.25) is 0 Å². The van der Waals surface area contributed by atoms with Crippen LogP contribution in [0.15, 0.2) is 11.6 Å². The normalized spacial score (nSPS) is 45.6. The number of nitrogens with zero attached hydrogens (tertiary/aromatic N) is 2. The third kappa shape index (κ3) is 2.34. The monoisotopic (exact) mass is 341 g/mol. The third-order valence-corrected chi connectivity index (χ3v) is 8.58. The van der Waals surface area contributed by atoms with Gasteiger partial charge in [0.15, 0.2) is 5.78 Å². The Hall–Kier alpha value is -1.50. The molecule has 4 nitrogen and oxygen atoms in total. The van der Waals surface area contributed by atoms with Gasteiger partial charge >= 0.3 is 6.54 Å². The number of Topliss-reactive ketones (excluding diaryl/α,β-unsaturated/α-hetero) is 1. The van der Waals surface area contributed by atoms with Gasteiger partial charge in [-0.15, -0.1) is 0 Å². The van der Waals surface area contributed by atoms with E-state index < -0.39 is 0 Å². The van der Waals surface area contributed by atoms with Crippen LogP contribution in [0, 0.1) is 39.9 Å². The smallest absolute Gasteiger partial charge is 0.295 e. The summed E-state index contributed by atoms with van der Waals surface area (Å²) in [7, 11) is 0. The lowest BCUT2D eigenvalue weighted by molar-refractivity contribution is -0.128. The highest BCUT2D eigenvalue weighted by Crippen LogP contribution is 2.66. The Morgan fingerprint density at radius 3 is 2.72 bits per heavy atom. The zero-order valence-corrected chi connectivity index (χ0v) is 15.5. The Kier molecular flexibility index (Phi) is 3.90. The molecule has 3 fully saturated rings. The molecule has 0 spiro atoms. The first-order chi connectivity index (χ1) is 11.9. The molecule has 25 heavy (non-hydrogen) atoms. The van der Waals surface area contributed by atoms with Crippen LogP contribution >= 0.6 is 0 Å². The lowest BCUT2D eigenvalue weighted by atomic mass is 9.46. The molecule has 4 aliphatic carbocycles. The number of carbonyl (C=O) groups excluding carboxylic acids is 2. The van der Waals surface area contributed by atoms with Crippen LogP contribution in [0.4, 0.5) is 0 Å². The van der Waals surface area contributed by atoms with Gasteiger partial charge in [-0.25, -0.2) is 0 Å². The summed E-state index contributed by atoms with van der Waals surface area (Å²) in [6, 6.07) is 0. The van der Waals surface area contributed by atoms with Gasteiger partial charge in [0.1, 0.15) is 4.98 Å². The van der Waals surface area contributed by atoms with E-state index in [2.05, 4.69) is 18.8 Å². The van der Waals surface area contributed by atoms with Gasteiger partial charge in [0.25, 0.3) is 0 Å². The standard InChI is InChI=1S/C21H29N2O2/c1-20-9-7-14(24)11-13(20)3-4-15-16-5-6-18(19(25)12-23-22)21(16,2)10-8-17(15)20/h11,15-18H,3-10,12H2,1-2H3/q+1/t15?,16?,17?,18-,20+,21+/m1/s1. The van der Waals surface area contributed by atoms with Crippen LogP contribution in [-0.2, 0) is 9.59 Å². The summed E-state index contributed by atoms with van der Waals surface area (Å²) in [6.07, 6.45) is 10.2. The van der Waals surface area contributed by atoms with Crippen molar-refractivity contribution in [2.45, 2.75) is 65.2 Å². The number of rotatable bonds is 2. The predicted molar refractivity (Wildman–Crippen MR) is 95.2 cm³/mol. The van der Waals surface area contributed by atoms with E-state index in [1.807, 2.05) is 6.08 Å². The van der Waals surface area contributed by atoms with Crippen molar-refractivity contribution in [2.24, 2.45) is 34.5 Å². The van der Waals surface area contributed by atoms with Crippen LogP contribution < -0.4 is 0 Å². The fourth-order valence-corrected chi connectivity index (χ4v) is 7.27. The fraction of sp³-hybridized carbons (Fsp3) is 0.810. The minimum absolute atomic E-state index is 0.0478. The highest BCUT2D eigenvalue weighted by atomic mass is 16.1. The highest BCUT2D eigenvalue weighted by Gasteiger charge is 2.60. The summed E-state index contributed by atoms with van der Waals surface area (Å²) in [5.74, 6) is 2.44. The first kappa shape index (κ1) is 16.9. The minimum Gasteiger partial charge on any atom is -0.295 e. The maximum Gasteiger partial charge on any atom is 0.362 e. The summed E-state index contributed by atoms with van der Waals surface area (Å²) in [4.78, 5) is 27.5. The highest BCUT2D eigenvalue weighted by molar-refractivity contribution is 5.91. The molecule has 0 aromatic rings. The van der Waals surface area contributed by atoms with E-state index in [4.69, 9.17) is 5.39 Å². The average Bonchev–Trinajstić information content (AvgIpc) is 2.93. The van der Waals surface area contributed by atoms with Gasteiger partial charge in [0.05, 0.1) is 0 Å². The topological polar surface area (TPSA) is 62.3 Å². The Labute approximate surface area is 150 Å². The second-order valence-electron chi connectivity index (χ2n) is 9.41. The number of hydrogen-bond acceptors (Lipinski definition) is 3. The number of fused-ring (bicyclic) bond motifs is 5. The molecule has 134 valence electrons. The van der Waals surface area contributed by atoms with Crippen LogP contribution in [0.3, 0.4) is 0 Å². The molecule has 0 N–H and O–H groups in total. The maximum absolute atomic E-state index is 12.5. The molecular weight excluding hydrogens is 312 g/mol. The molecule has 0 aliphatic heterocycles. The van der Waals surface area contributed by atoms with E-state index in [0.29, 0.717) is 30.0 Å². The second-order valence-corrected chi connectivity index (χ2v) is 9.41. The van der Waals surface area contributed by atoms with Crippen molar-refractivity contribution in [3.63, 3.8) is 0 Å². The summed E-state index contributed by atoms with van der Waals surface area (Å²) in [5, 5.41) is 8.82. The zero-order chi connectivity index (χ0) is 17.8. The molecule has 0 radical (unpaired) electrons. The van der Waals surface area contributed by atoms with Gasteiger partial charge in [-0.2, -0.15) is 0 Å². The Morgan fingerprint density at radius 1 is 1.16 bits per heavy atom. The van der Waals surface area contributed by atoms with Crippen LogP contribution in [0.1, 0.15) is 65.2 Å². The van der Waals surface area contributed by atoms with E-state index in [9.17, 15) is 9.59 Å². The maximum atomic E-state index is 12.5. The van der Waals surface area contributed by atoms with E-state index >= 15 is 0 Å². The molecular formula is C21H29N2O2+. The molecule has 0 amide bonds. The minimum atomic E-state index is -0.0478. The molecule has 0 saturated heterocycles. The van der Waals surface area contributed by atoms with E-state index in [-0.39, 0.29) is 29.1 Å². The van der Waals surface area contributed by atoms with Crippen LogP contribution in [0.25, 0.3) is 4.98 Å². The van der Waals surface area contributed by atoms with Crippen molar-refractivity contribution in [3.05, 3.63) is 16.6 Å². The number of ketones is 2. The van der Waals surface area contributed by atoms with Gasteiger partial charge in [-0.3, -0.25) is 9.59 Å². The van der Waals surface area contributed by atoms with Gasteiger partial charge in [0.2, 0.25) is 11.2 Å². The first-order valence-corrected chi connectivity index (χ1v) is 9.97. The number of hydrogen-bond donors (Lipinski definition) is 0. The number of carbonyl (C=O) groups is 2. The second kappa shape index (κ2) is 5.76. The first-order valence-electron chi connectivity index (χ1n) is 9.97. The zero-order valence-electron chi connectivity index (χ0n) is 15.5. The molecule has 4 aliphatic rings. The summed E-state index contributed by atoms with van der Waals surface area (Å²) < 4.78 is 0. The molecule has 0 aromatic carbocycles. The average molecular weight is 341 g/mol. The molecule has 4 rings (SSSR count). The summed E-state index contributed by atoms with van der Waals surface area (Å²) in [6.45, 7) is 4.67. The van der Waals surface area contributed by atoms with E-state index in [0.717, 1.165) is 32.1 Å². The lowest BCUT2D eigenvalue weighted by Crippen LogP contribution is -2.51. The molecule has 0 aromatic heterocycles. The van der Waals surface area contributed by atoms with Crippen molar-refractivity contribution >= 4 is 11.6 Å². The Morgan fingerprint density at radius 2 is 1.96 bits per heavy atom. The molecule has 0 bridgehead atoms. The van der Waals surface area contributed by atoms with Crippen molar-refractivity contribution in [2.75, 3.05) is 6.54 Å². The Balaban J connectivity index is 1.63.